The Morgan fingerprint density at radius 2 is 0.842 bits per heavy atom. The minimum absolute atomic E-state index is 0.252. The van der Waals surface area contributed by atoms with Gasteiger partial charge in [0.1, 0.15) is 23.0 Å². The van der Waals surface area contributed by atoms with E-state index in [4.69, 9.17) is 20.9 Å². The number of nitrogens with two attached hydrogens (primary N) is 2. The Kier molecular flexibility index (Phi) is 7.60. The molecule has 0 aliphatic carbocycles. The van der Waals surface area contributed by atoms with E-state index in [1.54, 1.807) is 0 Å². The van der Waals surface area contributed by atoms with Crippen LogP contribution in [0.5, 0.6) is 23.0 Å². The van der Waals surface area contributed by atoms with Gasteiger partial charge in [-0.3, -0.25) is 0 Å². The summed E-state index contributed by atoms with van der Waals surface area (Å²) in [4.78, 5) is 0. The molecule has 4 N–H and O–H groups in total. The molecule has 0 amide bonds. The van der Waals surface area contributed by atoms with Gasteiger partial charge in [-0.2, -0.15) is 0 Å². The van der Waals surface area contributed by atoms with E-state index in [0.29, 0.717) is 5.92 Å². The molecule has 0 aliphatic rings. The lowest BCUT2D eigenvalue weighted by Gasteiger charge is -2.23. The highest BCUT2D eigenvalue weighted by molar-refractivity contribution is 5.45. The van der Waals surface area contributed by atoms with E-state index in [9.17, 15) is 0 Å². The molecule has 5 aromatic carbocycles. The minimum Gasteiger partial charge on any atom is -0.457 e. The maximum absolute atomic E-state index is 6.01. The van der Waals surface area contributed by atoms with Gasteiger partial charge < -0.3 is 20.9 Å². The molecule has 0 aliphatic heterocycles. The van der Waals surface area contributed by atoms with E-state index >= 15 is 0 Å². The third-order valence-electron chi connectivity index (χ3n) is 6.75. The molecule has 4 heteroatoms. The predicted molar refractivity (Wildman–Crippen MR) is 156 cm³/mol. The van der Waals surface area contributed by atoms with Gasteiger partial charge in [0, 0.05) is 17.3 Å². The van der Waals surface area contributed by atoms with Crippen molar-refractivity contribution in [1.29, 1.82) is 0 Å². The number of hydrogen-bond donors (Lipinski definition) is 2. The lowest BCUT2D eigenvalue weighted by molar-refractivity contribution is 0.482. The van der Waals surface area contributed by atoms with E-state index < -0.39 is 0 Å². The fourth-order valence-corrected chi connectivity index (χ4v) is 4.62. The molecule has 38 heavy (non-hydrogen) atoms. The largest absolute Gasteiger partial charge is 0.457 e. The normalized spacial score (nSPS) is 12.4. The van der Waals surface area contributed by atoms with Crippen LogP contribution in [0.1, 0.15) is 41.9 Å². The van der Waals surface area contributed by atoms with Crippen LogP contribution in [0.25, 0.3) is 0 Å². The Morgan fingerprint density at radius 3 is 1.29 bits per heavy atom. The van der Waals surface area contributed by atoms with Crippen LogP contribution in [0.3, 0.4) is 0 Å². The first-order valence-corrected chi connectivity index (χ1v) is 12.8. The zero-order valence-electron chi connectivity index (χ0n) is 21.5. The summed E-state index contributed by atoms with van der Waals surface area (Å²) in [6.45, 7) is 2.28. The summed E-state index contributed by atoms with van der Waals surface area (Å²) in [5.41, 5.74) is 16.8. The standard InChI is InChI=1S/C34H32N2O2/c1-24(25-7-15-30(16-8-25)37-32-19-11-28(35)12-20-32)23-34(26-5-3-2-4-6-26)27-9-17-31(18-10-27)38-33-21-13-29(36)14-22-33/h2-22,24,34H,23,35-36H2,1H3. The fraction of sp³-hybridized carbons (Fsp3) is 0.118. The van der Waals surface area contributed by atoms with Gasteiger partial charge in [0.05, 0.1) is 0 Å². The van der Waals surface area contributed by atoms with E-state index in [0.717, 1.165) is 40.8 Å². The number of anilines is 2. The Labute approximate surface area is 224 Å². The zero-order valence-corrected chi connectivity index (χ0v) is 21.5. The molecule has 0 bridgehead atoms. The first-order valence-electron chi connectivity index (χ1n) is 12.8. The molecule has 2 atom stereocenters. The van der Waals surface area contributed by atoms with Crippen molar-refractivity contribution in [1.82, 2.24) is 0 Å². The Balaban J connectivity index is 1.31. The second kappa shape index (κ2) is 11.6. The fourth-order valence-electron chi connectivity index (χ4n) is 4.62. The summed E-state index contributed by atoms with van der Waals surface area (Å²) >= 11 is 0. The third-order valence-corrected chi connectivity index (χ3v) is 6.75. The molecule has 5 aromatic rings. The molecule has 0 aromatic heterocycles. The van der Waals surface area contributed by atoms with Gasteiger partial charge in [-0.05, 0) is 102 Å². The molecule has 4 nitrogen and oxygen atoms in total. The summed E-state index contributed by atoms with van der Waals surface area (Å²) in [5, 5.41) is 0. The van der Waals surface area contributed by atoms with Crippen LogP contribution < -0.4 is 20.9 Å². The molecule has 0 heterocycles. The lowest BCUT2D eigenvalue weighted by atomic mass is 9.82. The van der Waals surface area contributed by atoms with Crippen LogP contribution in [-0.4, -0.2) is 0 Å². The second-order valence-electron chi connectivity index (χ2n) is 9.58. The number of benzene rings is 5. The van der Waals surface area contributed by atoms with Crippen molar-refractivity contribution in [3.8, 4) is 23.0 Å². The Hall–Kier alpha value is -4.70. The topological polar surface area (TPSA) is 70.5 Å². The summed E-state index contributed by atoms with van der Waals surface area (Å²) in [6, 6.07) is 42.3. The summed E-state index contributed by atoms with van der Waals surface area (Å²) in [6.07, 6.45) is 0.973. The smallest absolute Gasteiger partial charge is 0.127 e. The first kappa shape index (κ1) is 25.0. The molecule has 0 saturated heterocycles. The third kappa shape index (κ3) is 6.34. The van der Waals surface area contributed by atoms with Crippen LogP contribution in [0.15, 0.2) is 127 Å². The minimum atomic E-state index is 0.252. The van der Waals surface area contributed by atoms with Crippen molar-refractivity contribution >= 4 is 11.4 Å². The quantitative estimate of drug-likeness (QED) is 0.198. The van der Waals surface area contributed by atoms with E-state index in [-0.39, 0.29) is 5.92 Å². The highest BCUT2D eigenvalue weighted by atomic mass is 16.5. The van der Waals surface area contributed by atoms with Crippen molar-refractivity contribution in [2.45, 2.75) is 25.2 Å². The predicted octanol–water partition coefficient (Wildman–Crippen LogP) is 8.76. The molecule has 5 rings (SSSR count). The number of hydrogen-bond acceptors (Lipinski definition) is 4. The molecule has 190 valence electrons. The van der Waals surface area contributed by atoms with Gasteiger partial charge in [0.15, 0.2) is 0 Å². The molecule has 2 unspecified atom stereocenters. The van der Waals surface area contributed by atoms with Crippen LogP contribution in [0.4, 0.5) is 11.4 Å². The average molecular weight is 501 g/mol. The average Bonchev–Trinajstić information content (AvgIpc) is 2.95. The van der Waals surface area contributed by atoms with Gasteiger partial charge in [-0.25, -0.2) is 0 Å². The summed E-state index contributed by atoms with van der Waals surface area (Å²) < 4.78 is 12.0. The highest BCUT2D eigenvalue weighted by Gasteiger charge is 2.19. The van der Waals surface area contributed by atoms with Crippen molar-refractivity contribution in [2.24, 2.45) is 0 Å². The van der Waals surface area contributed by atoms with Crippen LogP contribution in [0, 0.1) is 0 Å². The summed E-state index contributed by atoms with van der Waals surface area (Å²) in [5.74, 6) is 3.74. The summed E-state index contributed by atoms with van der Waals surface area (Å²) in [7, 11) is 0. The SMILES string of the molecule is CC(CC(c1ccccc1)c1ccc(Oc2ccc(N)cc2)cc1)c1ccc(Oc2ccc(N)cc2)cc1. The van der Waals surface area contributed by atoms with E-state index in [1.165, 1.54) is 16.7 Å². The maximum Gasteiger partial charge on any atom is 0.127 e. The Morgan fingerprint density at radius 1 is 0.474 bits per heavy atom. The van der Waals surface area contributed by atoms with Crippen LogP contribution >= 0.6 is 0 Å². The van der Waals surface area contributed by atoms with E-state index in [1.807, 2.05) is 72.8 Å². The first-order chi connectivity index (χ1) is 18.5. The van der Waals surface area contributed by atoms with Gasteiger partial charge >= 0.3 is 0 Å². The Bertz CT molecular complexity index is 1430. The van der Waals surface area contributed by atoms with Gasteiger partial charge in [0.25, 0.3) is 0 Å². The highest BCUT2D eigenvalue weighted by Crippen LogP contribution is 2.36. The van der Waals surface area contributed by atoms with Gasteiger partial charge in [-0.15, -0.1) is 0 Å². The molecular formula is C34H32N2O2. The van der Waals surface area contributed by atoms with Gasteiger partial charge in [-0.1, -0.05) is 61.5 Å². The van der Waals surface area contributed by atoms with Crippen molar-refractivity contribution in [3.63, 3.8) is 0 Å². The second-order valence-corrected chi connectivity index (χ2v) is 9.58. The molecule has 0 spiro atoms. The molecular weight excluding hydrogens is 468 g/mol. The monoisotopic (exact) mass is 500 g/mol. The van der Waals surface area contributed by atoms with Crippen LogP contribution in [0.2, 0.25) is 0 Å². The zero-order chi connectivity index (χ0) is 26.3. The maximum atomic E-state index is 6.01. The number of ether oxygens (including phenoxy) is 2. The molecule has 0 radical (unpaired) electrons. The number of nitrogen functional groups attached to an aromatic ring is 2. The van der Waals surface area contributed by atoms with Crippen molar-refractivity contribution in [2.75, 3.05) is 11.5 Å². The lowest BCUT2D eigenvalue weighted by Crippen LogP contribution is -2.06. The van der Waals surface area contributed by atoms with Crippen LogP contribution in [-0.2, 0) is 0 Å². The number of rotatable bonds is 9. The molecule has 0 fully saturated rings. The van der Waals surface area contributed by atoms with Crippen molar-refractivity contribution in [3.05, 3.63) is 144 Å². The molecule has 0 saturated carbocycles. The van der Waals surface area contributed by atoms with Gasteiger partial charge in [0.2, 0.25) is 0 Å². The van der Waals surface area contributed by atoms with Crippen molar-refractivity contribution < 1.29 is 9.47 Å². The van der Waals surface area contributed by atoms with E-state index in [2.05, 4.69) is 61.5 Å².